The smallest absolute Gasteiger partial charge is 0.309 e. The number of halogens is 4. The number of hydrogen-bond acceptors (Lipinski definition) is 6. The second-order valence-corrected chi connectivity index (χ2v) is 8.18. The van der Waals surface area contributed by atoms with E-state index in [1.807, 2.05) is 5.32 Å². The molecule has 0 radical (unpaired) electrons. The van der Waals surface area contributed by atoms with Crippen molar-refractivity contribution in [2.45, 2.75) is 25.6 Å². The van der Waals surface area contributed by atoms with Crippen molar-refractivity contribution in [1.82, 2.24) is 14.6 Å². The number of aromatic amines is 1. The molecule has 0 saturated carbocycles. The Bertz CT molecular complexity index is 1200. The van der Waals surface area contributed by atoms with Crippen molar-refractivity contribution in [3.05, 3.63) is 56.5 Å². The average molecular weight is 480 g/mol. The molecule has 1 aliphatic rings. The van der Waals surface area contributed by atoms with Crippen LogP contribution in [0.25, 0.3) is 5.69 Å². The summed E-state index contributed by atoms with van der Waals surface area (Å²) in [6.45, 7) is 1.96. The van der Waals surface area contributed by atoms with Gasteiger partial charge in [-0.05, 0) is 38.1 Å². The zero-order chi connectivity index (χ0) is 23.9. The molecule has 0 aliphatic carbocycles. The molecule has 2 heterocycles. The number of rotatable bonds is 7. The van der Waals surface area contributed by atoms with E-state index in [9.17, 15) is 36.5 Å². The minimum absolute atomic E-state index is 0.153. The molecule has 0 bridgehead atoms. The summed E-state index contributed by atoms with van der Waals surface area (Å²) in [7, 11) is -4.77. The van der Waals surface area contributed by atoms with Crippen LogP contribution in [0, 0.1) is 5.82 Å². The van der Waals surface area contributed by atoms with Gasteiger partial charge in [-0.25, -0.2) is 18.3 Å². The van der Waals surface area contributed by atoms with Crippen LogP contribution in [0.1, 0.15) is 19.4 Å². The Morgan fingerprint density at radius 2 is 1.66 bits per heavy atom. The molecule has 1 amide bonds. The van der Waals surface area contributed by atoms with E-state index in [0.29, 0.717) is 4.57 Å². The van der Waals surface area contributed by atoms with Crippen molar-refractivity contribution in [2.24, 2.45) is 0 Å². The molecule has 1 aliphatic heterocycles. The van der Waals surface area contributed by atoms with Crippen LogP contribution in [-0.4, -0.2) is 34.8 Å². The van der Waals surface area contributed by atoms with Gasteiger partial charge in [0.15, 0.2) is 0 Å². The SMILES string of the molecule is CCOP(=O)(N[C@]1(C(F)(F)F)C(=O)Nc2c1c(=O)[nH]c(=O)n2-c1ccc(F)cc1)OCC. The number of carbonyl (C=O) groups excluding carboxylic acids is 1. The number of fused-ring (bicyclic) bond motifs is 1. The van der Waals surface area contributed by atoms with E-state index in [-0.39, 0.29) is 18.9 Å². The molecule has 1 aromatic heterocycles. The monoisotopic (exact) mass is 480 g/mol. The molecule has 2 aromatic rings. The van der Waals surface area contributed by atoms with E-state index in [4.69, 9.17) is 9.05 Å². The van der Waals surface area contributed by atoms with Gasteiger partial charge in [0.25, 0.3) is 11.5 Å². The third-order valence-corrected chi connectivity index (χ3v) is 6.28. The number of aromatic nitrogens is 2. The number of amides is 1. The van der Waals surface area contributed by atoms with E-state index in [1.54, 1.807) is 10.1 Å². The van der Waals surface area contributed by atoms with E-state index >= 15 is 0 Å². The Morgan fingerprint density at radius 1 is 1.09 bits per heavy atom. The van der Waals surface area contributed by atoms with Gasteiger partial charge in [-0.1, -0.05) is 0 Å². The van der Waals surface area contributed by atoms with Crippen LogP contribution in [0.2, 0.25) is 0 Å². The number of H-pyrrole nitrogens is 1. The van der Waals surface area contributed by atoms with Gasteiger partial charge in [0, 0.05) is 0 Å². The average Bonchev–Trinajstić information content (AvgIpc) is 2.96. The van der Waals surface area contributed by atoms with E-state index in [0.717, 1.165) is 24.3 Å². The van der Waals surface area contributed by atoms with E-state index in [1.165, 1.54) is 13.8 Å². The fourth-order valence-corrected chi connectivity index (χ4v) is 4.88. The number of nitrogens with one attached hydrogen (secondary N) is 3. The first-order valence-electron chi connectivity index (χ1n) is 9.12. The third kappa shape index (κ3) is 3.79. The van der Waals surface area contributed by atoms with Gasteiger partial charge in [-0.2, -0.15) is 18.3 Å². The third-order valence-electron chi connectivity index (χ3n) is 4.47. The fraction of sp³-hybridized carbons (Fsp3) is 0.353. The molecule has 1 aromatic carbocycles. The Hall–Kier alpha value is -2.80. The van der Waals surface area contributed by atoms with Crippen molar-refractivity contribution < 1.29 is 36.0 Å². The number of anilines is 1. The Balaban J connectivity index is 2.36. The van der Waals surface area contributed by atoms with Crippen molar-refractivity contribution >= 4 is 19.5 Å². The minimum atomic E-state index is -5.54. The van der Waals surface area contributed by atoms with E-state index < -0.39 is 53.8 Å². The summed E-state index contributed by atoms with van der Waals surface area (Å²) >= 11 is 0. The number of nitrogens with zero attached hydrogens (tertiary/aromatic N) is 1. The number of carbonyl (C=O) groups is 1. The first-order valence-corrected chi connectivity index (χ1v) is 10.7. The lowest BCUT2D eigenvalue weighted by Gasteiger charge is -2.32. The predicted octanol–water partition coefficient (Wildman–Crippen LogP) is 2.15. The maximum absolute atomic E-state index is 14.4. The molecule has 0 unspecified atom stereocenters. The molecule has 32 heavy (non-hydrogen) atoms. The molecular formula is C17H17F4N4O6P. The van der Waals surface area contributed by atoms with Crippen LogP contribution in [-0.2, 0) is 23.9 Å². The molecule has 0 spiro atoms. The highest BCUT2D eigenvalue weighted by Crippen LogP contribution is 2.54. The highest BCUT2D eigenvalue weighted by Gasteiger charge is 2.70. The normalized spacial score (nSPS) is 18.5. The van der Waals surface area contributed by atoms with Crippen LogP contribution in [0.15, 0.2) is 33.9 Å². The number of benzene rings is 1. The van der Waals surface area contributed by atoms with Crippen molar-refractivity contribution in [2.75, 3.05) is 18.5 Å². The molecule has 10 nitrogen and oxygen atoms in total. The summed E-state index contributed by atoms with van der Waals surface area (Å²) in [5, 5.41) is 3.44. The summed E-state index contributed by atoms with van der Waals surface area (Å²) < 4.78 is 79.5. The maximum Gasteiger partial charge on any atom is 0.420 e. The summed E-state index contributed by atoms with van der Waals surface area (Å²) in [6, 6.07) is 3.94. The maximum atomic E-state index is 14.4. The molecule has 3 N–H and O–H groups in total. The van der Waals surface area contributed by atoms with Gasteiger partial charge >= 0.3 is 19.6 Å². The molecule has 1 atom stereocenters. The standard InChI is InChI=1S/C17H17F4N4O6P/c1-3-30-32(29,31-4-2)24-16(17(19,20)21)11-12(22-14(16)27)25(15(28)23-13(11)26)10-7-5-9(18)6-8-10/h5-8H,3-4H2,1-2H3,(H,22,27)(H,24,29)(H,23,26,28)/t16-/m0/s1. The Labute approximate surface area is 177 Å². The molecular weight excluding hydrogens is 463 g/mol. The minimum Gasteiger partial charge on any atom is -0.309 e. The molecule has 174 valence electrons. The summed E-state index contributed by atoms with van der Waals surface area (Å²) in [5.74, 6) is -3.38. The van der Waals surface area contributed by atoms with E-state index in [2.05, 4.69) is 0 Å². The second kappa shape index (κ2) is 8.28. The van der Waals surface area contributed by atoms with Crippen LogP contribution in [0.5, 0.6) is 0 Å². The van der Waals surface area contributed by atoms with Crippen LogP contribution in [0.3, 0.4) is 0 Å². The predicted molar refractivity (Wildman–Crippen MR) is 103 cm³/mol. The summed E-state index contributed by atoms with van der Waals surface area (Å²) in [6.07, 6.45) is -5.54. The van der Waals surface area contributed by atoms with Gasteiger partial charge in [0.05, 0.1) is 24.5 Å². The number of alkyl halides is 3. The largest absolute Gasteiger partial charge is 0.420 e. The quantitative estimate of drug-likeness (QED) is 0.409. The topological polar surface area (TPSA) is 132 Å². The highest BCUT2D eigenvalue weighted by molar-refractivity contribution is 7.51. The zero-order valence-corrected chi connectivity index (χ0v) is 17.5. The fourth-order valence-electron chi connectivity index (χ4n) is 3.24. The van der Waals surface area contributed by atoms with Crippen molar-refractivity contribution in [3.8, 4) is 5.69 Å². The van der Waals surface area contributed by atoms with Crippen LogP contribution < -0.4 is 21.7 Å². The lowest BCUT2D eigenvalue weighted by Crippen LogP contribution is -2.59. The van der Waals surface area contributed by atoms with Gasteiger partial charge in [-0.3, -0.25) is 23.6 Å². The van der Waals surface area contributed by atoms with Crippen molar-refractivity contribution in [3.63, 3.8) is 0 Å². The van der Waals surface area contributed by atoms with Gasteiger partial charge in [0.2, 0.25) is 5.54 Å². The van der Waals surface area contributed by atoms with Gasteiger partial charge in [-0.15, -0.1) is 0 Å². The van der Waals surface area contributed by atoms with Gasteiger partial charge < -0.3 is 5.32 Å². The number of hydrogen-bond donors (Lipinski definition) is 3. The van der Waals surface area contributed by atoms with Crippen molar-refractivity contribution in [1.29, 1.82) is 0 Å². The van der Waals surface area contributed by atoms with Crippen LogP contribution in [0.4, 0.5) is 23.4 Å². The second-order valence-electron chi connectivity index (χ2n) is 6.44. The molecule has 0 saturated heterocycles. The van der Waals surface area contributed by atoms with Crippen LogP contribution >= 0.6 is 7.75 Å². The summed E-state index contributed by atoms with van der Waals surface area (Å²) in [4.78, 5) is 39.4. The molecule has 0 fully saturated rings. The molecule has 3 rings (SSSR count). The van der Waals surface area contributed by atoms with Gasteiger partial charge in [0.1, 0.15) is 11.6 Å². The first kappa shape index (κ1) is 23.9. The zero-order valence-electron chi connectivity index (χ0n) is 16.6. The Kier molecular flexibility index (Phi) is 6.17. The lowest BCUT2D eigenvalue weighted by atomic mass is 9.93. The summed E-state index contributed by atoms with van der Waals surface area (Å²) in [5.41, 5.74) is -8.08. The lowest BCUT2D eigenvalue weighted by molar-refractivity contribution is -0.195. The Morgan fingerprint density at radius 3 is 2.16 bits per heavy atom. The molecule has 15 heteroatoms. The highest BCUT2D eigenvalue weighted by atomic mass is 31.2. The first-order chi connectivity index (χ1) is 14.9.